The maximum absolute atomic E-state index is 12.6. The molecule has 0 atom stereocenters. The molecule has 6 nitrogen and oxygen atoms in total. The quantitative estimate of drug-likeness (QED) is 0.401. The zero-order valence-electron chi connectivity index (χ0n) is 17.3. The smallest absolute Gasteiger partial charge is 0.255 e. The van der Waals surface area contributed by atoms with Gasteiger partial charge in [0.05, 0.1) is 5.69 Å². The van der Waals surface area contributed by atoms with Crippen LogP contribution in [0.15, 0.2) is 91.6 Å². The molecule has 0 saturated carbocycles. The van der Waals surface area contributed by atoms with Gasteiger partial charge in [-0.1, -0.05) is 55.1 Å². The molecule has 3 aromatic carbocycles. The Kier molecular flexibility index (Phi) is 5.94. The molecular weight excluding hydrogens is 400 g/mol. The van der Waals surface area contributed by atoms with Crippen LogP contribution in [0.5, 0.6) is 0 Å². The van der Waals surface area contributed by atoms with Crippen LogP contribution >= 0.6 is 0 Å². The van der Waals surface area contributed by atoms with Crippen LogP contribution in [-0.2, 0) is 11.3 Å². The molecule has 0 saturated heterocycles. The van der Waals surface area contributed by atoms with Crippen LogP contribution in [0.2, 0.25) is 0 Å². The first-order valence-corrected chi connectivity index (χ1v) is 10.1. The van der Waals surface area contributed by atoms with E-state index in [1.54, 1.807) is 42.6 Å². The van der Waals surface area contributed by atoms with Gasteiger partial charge in [0, 0.05) is 23.9 Å². The average Bonchev–Trinajstić information content (AvgIpc) is 2.83. The fraction of sp³-hybridized carbons (Fsp3) is 0.0385. The molecule has 32 heavy (non-hydrogen) atoms. The van der Waals surface area contributed by atoms with E-state index in [0.29, 0.717) is 23.4 Å². The van der Waals surface area contributed by atoms with Gasteiger partial charge in [0.2, 0.25) is 0 Å². The lowest BCUT2D eigenvalue weighted by Crippen LogP contribution is -2.23. The summed E-state index contributed by atoms with van der Waals surface area (Å²) in [5, 5.41) is 7.78. The Morgan fingerprint density at radius 2 is 1.59 bits per heavy atom. The third kappa shape index (κ3) is 4.65. The Bertz CT molecular complexity index is 1310. The second-order valence-electron chi connectivity index (χ2n) is 7.31. The maximum Gasteiger partial charge on any atom is 0.255 e. The lowest BCUT2D eigenvalue weighted by Gasteiger charge is -2.10. The van der Waals surface area contributed by atoms with Gasteiger partial charge in [-0.05, 0) is 52.2 Å². The zero-order valence-corrected chi connectivity index (χ0v) is 17.3. The summed E-state index contributed by atoms with van der Waals surface area (Å²) >= 11 is 0. The molecule has 0 spiro atoms. The molecule has 4 aromatic rings. The van der Waals surface area contributed by atoms with Crippen LogP contribution in [0.25, 0.3) is 16.3 Å². The highest BCUT2D eigenvalue weighted by Crippen LogP contribution is 2.21. The average molecular weight is 422 g/mol. The number of nitrogen functional groups attached to an aromatic ring is 1. The van der Waals surface area contributed by atoms with Crippen LogP contribution in [0.1, 0.15) is 21.5 Å². The number of nitrogens with one attached hydrogen (secondary N) is 2. The Morgan fingerprint density at radius 3 is 2.34 bits per heavy atom. The number of benzene rings is 3. The van der Waals surface area contributed by atoms with Crippen LogP contribution in [0.4, 0.5) is 11.5 Å². The number of nitrogens with zero attached hydrogens (tertiary/aromatic N) is 1. The summed E-state index contributed by atoms with van der Waals surface area (Å²) in [6, 6.07) is 24.2. The molecule has 4 rings (SSSR count). The van der Waals surface area contributed by atoms with Gasteiger partial charge in [-0.15, -0.1) is 0 Å². The van der Waals surface area contributed by atoms with Gasteiger partial charge in [-0.2, -0.15) is 0 Å². The van der Waals surface area contributed by atoms with Crippen LogP contribution in [0, 0.1) is 0 Å². The second-order valence-corrected chi connectivity index (χ2v) is 7.31. The van der Waals surface area contributed by atoms with Crippen molar-refractivity contribution in [1.29, 1.82) is 0 Å². The first kappa shape index (κ1) is 20.8. The number of hydrogen-bond donors (Lipinski definition) is 3. The van der Waals surface area contributed by atoms with E-state index in [0.717, 1.165) is 21.9 Å². The highest BCUT2D eigenvalue weighted by molar-refractivity contribution is 6.19. The van der Waals surface area contributed by atoms with Crippen molar-refractivity contribution >= 4 is 39.7 Å². The molecule has 158 valence electrons. The van der Waals surface area contributed by atoms with Crippen molar-refractivity contribution in [1.82, 2.24) is 10.3 Å². The van der Waals surface area contributed by atoms with Crippen LogP contribution < -0.4 is 16.4 Å². The van der Waals surface area contributed by atoms with E-state index in [4.69, 9.17) is 5.73 Å². The predicted molar refractivity (Wildman–Crippen MR) is 128 cm³/mol. The van der Waals surface area contributed by atoms with Crippen molar-refractivity contribution in [3.63, 3.8) is 0 Å². The SMILES string of the molecule is C=C(C(=O)NCc1ccc(C(=O)Nc2cccnc2N)cc1)c1ccc2ccccc2c1. The summed E-state index contributed by atoms with van der Waals surface area (Å²) in [6.07, 6.45) is 1.56. The number of carbonyl (C=O) groups excluding carboxylic acids is 2. The topological polar surface area (TPSA) is 97.1 Å². The molecule has 2 amide bonds. The molecule has 4 N–H and O–H groups in total. The van der Waals surface area contributed by atoms with E-state index >= 15 is 0 Å². The summed E-state index contributed by atoms with van der Waals surface area (Å²) in [4.78, 5) is 28.9. The van der Waals surface area contributed by atoms with Gasteiger partial charge in [0.1, 0.15) is 5.82 Å². The van der Waals surface area contributed by atoms with Crippen molar-refractivity contribution < 1.29 is 9.59 Å². The Balaban J connectivity index is 1.36. The highest BCUT2D eigenvalue weighted by Gasteiger charge is 2.11. The molecule has 0 fully saturated rings. The first-order chi connectivity index (χ1) is 15.5. The van der Waals surface area contributed by atoms with Gasteiger partial charge in [0.25, 0.3) is 11.8 Å². The fourth-order valence-corrected chi connectivity index (χ4v) is 3.29. The van der Waals surface area contributed by atoms with E-state index in [1.165, 1.54) is 0 Å². The van der Waals surface area contributed by atoms with E-state index in [1.807, 2.05) is 42.5 Å². The minimum atomic E-state index is -0.287. The summed E-state index contributed by atoms with van der Waals surface area (Å²) in [5.41, 5.74) is 8.74. The molecule has 0 aliphatic heterocycles. The Hall–Kier alpha value is -4.45. The molecule has 0 aliphatic rings. The van der Waals surface area contributed by atoms with E-state index in [9.17, 15) is 9.59 Å². The summed E-state index contributed by atoms with van der Waals surface area (Å²) in [7, 11) is 0. The number of anilines is 2. The lowest BCUT2D eigenvalue weighted by atomic mass is 10.0. The van der Waals surface area contributed by atoms with Crippen LogP contribution in [0.3, 0.4) is 0 Å². The van der Waals surface area contributed by atoms with Crippen molar-refractivity contribution in [2.24, 2.45) is 0 Å². The third-order valence-corrected chi connectivity index (χ3v) is 5.13. The van der Waals surface area contributed by atoms with Crippen molar-refractivity contribution in [3.8, 4) is 0 Å². The summed E-state index contributed by atoms with van der Waals surface area (Å²) < 4.78 is 0. The minimum absolute atomic E-state index is 0.242. The molecule has 6 heteroatoms. The van der Waals surface area contributed by atoms with Gasteiger partial charge in [-0.3, -0.25) is 9.59 Å². The Morgan fingerprint density at radius 1 is 0.875 bits per heavy atom. The van der Waals surface area contributed by atoms with Gasteiger partial charge < -0.3 is 16.4 Å². The van der Waals surface area contributed by atoms with E-state index in [2.05, 4.69) is 22.2 Å². The molecule has 1 heterocycles. The summed E-state index contributed by atoms with van der Waals surface area (Å²) in [5.74, 6) is -0.272. The van der Waals surface area contributed by atoms with E-state index in [-0.39, 0.29) is 17.6 Å². The molecule has 0 bridgehead atoms. The number of pyridine rings is 1. The number of carbonyl (C=O) groups is 2. The normalized spacial score (nSPS) is 10.5. The van der Waals surface area contributed by atoms with Crippen molar-refractivity contribution in [3.05, 3.63) is 108 Å². The van der Waals surface area contributed by atoms with Crippen molar-refractivity contribution in [2.75, 3.05) is 11.1 Å². The standard InChI is InChI=1S/C26H22N4O2/c1-17(21-13-12-19-5-2-3-6-22(19)15-21)25(31)29-16-18-8-10-20(11-9-18)26(32)30-23-7-4-14-28-24(23)27/h2-15H,1,16H2,(H2,27,28)(H,29,31)(H,30,32). The van der Waals surface area contributed by atoms with Crippen molar-refractivity contribution in [2.45, 2.75) is 6.54 Å². The van der Waals surface area contributed by atoms with Crippen LogP contribution in [-0.4, -0.2) is 16.8 Å². The molecule has 0 radical (unpaired) electrons. The van der Waals surface area contributed by atoms with Gasteiger partial charge in [0.15, 0.2) is 0 Å². The zero-order chi connectivity index (χ0) is 22.5. The largest absolute Gasteiger partial charge is 0.382 e. The number of hydrogen-bond acceptors (Lipinski definition) is 4. The first-order valence-electron chi connectivity index (χ1n) is 10.1. The fourth-order valence-electron chi connectivity index (χ4n) is 3.29. The van der Waals surface area contributed by atoms with E-state index < -0.39 is 0 Å². The number of aromatic nitrogens is 1. The number of nitrogens with two attached hydrogens (primary N) is 1. The number of fused-ring (bicyclic) bond motifs is 1. The molecule has 0 aliphatic carbocycles. The summed E-state index contributed by atoms with van der Waals surface area (Å²) in [6.45, 7) is 4.27. The van der Waals surface area contributed by atoms with Gasteiger partial charge in [-0.25, -0.2) is 4.98 Å². The second kappa shape index (κ2) is 9.14. The number of rotatable bonds is 6. The maximum atomic E-state index is 12.6. The van der Waals surface area contributed by atoms with Gasteiger partial charge >= 0.3 is 0 Å². The highest BCUT2D eigenvalue weighted by atomic mass is 16.2. The Labute approximate surface area is 185 Å². The molecular formula is C26H22N4O2. The molecule has 1 aromatic heterocycles. The lowest BCUT2D eigenvalue weighted by molar-refractivity contribution is -0.115. The number of amides is 2. The molecule has 0 unspecified atom stereocenters. The predicted octanol–water partition coefficient (Wildman–Crippen LogP) is 4.40. The third-order valence-electron chi connectivity index (χ3n) is 5.13. The minimum Gasteiger partial charge on any atom is -0.382 e. The monoisotopic (exact) mass is 422 g/mol.